The van der Waals surface area contributed by atoms with Crippen LogP contribution in [0, 0.1) is 12.7 Å². The molecule has 0 bridgehead atoms. The molecule has 1 heterocycles. The van der Waals surface area contributed by atoms with Gasteiger partial charge in [-0.15, -0.1) is 11.3 Å². The van der Waals surface area contributed by atoms with Crippen LogP contribution in [-0.4, -0.2) is 4.98 Å². The third-order valence-electron chi connectivity index (χ3n) is 3.19. The van der Waals surface area contributed by atoms with Crippen molar-refractivity contribution in [3.8, 4) is 0 Å². The minimum atomic E-state index is -0.413. The molecule has 0 saturated carbocycles. The van der Waals surface area contributed by atoms with Crippen molar-refractivity contribution in [3.63, 3.8) is 0 Å². The molecule has 2 rings (SSSR count). The molecule has 1 atom stereocenters. The fourth-order valence-electron chi connectivity index (χ4n) is 2.04. The second-order valence-corrected chi connectivity index (χ2v) is 7.62. The lowest BCUT2D eigenvalue weighted by molar-refractivity contribution is 0.584. The maximum Gasteiger partial charge on any atom is 0.164 e. The Hall–Kier alpha value is -1.13. The molecule has 0 aliphatic heterocycles. The zero-order chi connectivity index (χ0) is 15.8. The molecule has 0 fully saturated rings. The predicted molar refractivity (Wildman–Crippen MR) is 89.0 cm³/mol. The van der Waals surface area contributed by atoms with Crippen molar-refractivity contribution >= 4 is 28.6 Å². The molecule has 2 nitrogen and oxygen atoms in total. The normalized spacial score (nSPS) is 13.3. The van der Waals surface area contributed by atoms with E-state index in [1.54, 1.807) is 29.5 Å². The maximum absolute atomic E-state index is 14.0. The summed E-state index contributed by atoms with van der Waals surface area (Å²) in [4.78, 5) is 5.77. The highest BCUT2D eigenvalue weighted by molar-refractivity contribution is 7.12. The minimum absolute atomic E-state index is 0.0217. The molecule has 0 aliphatic carbocycles. The number of aryl methyl sites for hydroxylation is 1. The number of benzene rings is 1. The van der Waals surface area contributed by atoms with E-state index in [0.29, 0.717) is 5.69 Å². The zero-order valence-electron chi connectivity index (χ0n) is 12.9. The van der Waals surface area contributed by atoms with E-state index in [2.05, 4.69) is 31.1 Å². The summed E-state index contributed by atoms with van der Waals surface area (Å²) in [6, 6.07) is 4.95. The summed E-state index contributed by atoms with van der Waals surface area (Å²) in [6.45, 7) is 10.4. The lowest BCUT2D eigenvalue weighted by Gasteiger charge is -2.16. The Labute approximate surface area is 134 Å². The first-order valence-electron chi connectivity index (χ1n) is 6.88. The van der Waals surface area contributed by atoms with E-state index >= 15 is 0 Å². The zero-order valence-corrected chi connectivity index (χ0v) is 14.5. The van der Waals surface area contributed by atoms with Crippen LogP contribution in [0.5, 0.6) is 0 Å². The first-order chi connectivity index (χ1) is 9.70. The molecule has 1 aromatic heterocycles. The lowest BCUT2D eigenvalue weighted by Crippen LogP contribution is -2.10. The van der Waals surface area contributed by atoms with Crippen molar-refractivity contribution in [1.29, 1.82) is 0 Å². The summed E-state index contributed by atoms with van der Waals surface area (Å²) in [6.07, 6.45) is 0. The highest BCUT2D eigenvalue weighted by atomic mass is 35.5. The maximum atomic E-state index is 14.0. The number of aromatic nitrogens is 1. The highest BCUT2D eigenvalue weighted by Gasteiger charge is 2.22. The monoisotopic (exact) mass is 326 g/mol. The van der Waals surface area contributed by atoms with Gasteiger partial charge in [-0.25, -0.2) is 9.37 Å². The van der Waals surface area contributed by atoms with Gasteiger partial charge in [-0.1, -0.05) is 38.4 Å². The Bertz CT molecular complexity index is 646. The van der Waals surface area contributed by atoms with Crippen LogP contribution in [0.3, 0.4) is 0 Å². The van der Waals surface area contributed by atoms with Gasteiger partial charge in [-0.2, -0.15) is 0 Å². The van der Waals surface area contributed by atoms with Crippen molar-refractivity contribution in [2.75, 3.05) is 5.32 Å². The molecule has 114 valence electrons. The van der Waals surface area contributed by atoms with Gasteiger partial charge in [-0.3, -0.25) is 0 Å². The summed E-state index contributed by atoms with van der Waals surface area (Å²) in [5, 5.41) is 4.40. The summed E-state index contributed by atoms with van der Waals surface area (Å²) in [5.74, 6) is -0.413. The van der Waals surface area contributed by atoms with E-state index in [-0.39, 0.29) is 16.5 Å². The Morgan fingerprint density at radius 3 is 2.57 bits per heavy atom. The van der Waals surface area contributed by atoms with Crippen LogP contribution in [0.4, 0.5) is 10.1 Å². The van der Waals surface area contributed by atoms with Crippen LogP contribution in [0.1, 0.15) is 49.3 Å². The summed E-state index contributed by atoms with van der Waals surface area (Å²) >= 11 is 7.49. The summed E-state index contributed by atoms with van der Waals surface area (Å²) in [7, 11) is 0. The van der Waals surface area contributed by atoms with E-state index in [4.69, 9.17) is 11.6 Å². The van der Waals surface area contributed by atoms with Gasteiger partial charge < -0.3 is 5.32 Å². The number of halogens is 2. The third kappa shape index (κ3) is 3.55. The molecule has 2 aromatic rings. The molecule has 5 heteroatoms. The molecule has 0 spiro atoms. The number of anilines is 1. The molecule has 1 aromatic carbocycles. The number of hydrogen-bond acceptors (Lipinski definition) is 3. The Morgan fingerprint density at radius 2 is 2.00 bits per heavy atom. The second kappa shape index (κ2) is 5.93. The Morgan fingerprint density at radius 1 is 1.33 bits per heavy atom. The number of hydrogen-bond donors (Lipinski definition) is 1. The van der Waals surface area contributed by atoms with E-state index < -0.39 is 5.82 Å². The lowest BCUT2D eigenvalue weighted by atomic mass is 9.98. The fraction of sp³-hybridized carbons (Fsp3) is 0.438. The van der Waals surface area contributed by atoms with Crippen molar-refractivity contribution in [2.24, 2.45) is 0 Å². The molecular weight excluding hydrogens is 307 g/mol. The van der Waals surface area contributed by atoms with Crippen LogP contribution >= 0.6 is 22.9 Å². The first-order valence-corrected chi connectivity index (χ1v) is 8.08. The molecule has 0 radical (unpaired) electrons. The standard InChI is InChI=1S/C16H20ClFN2S/c1-9(19-12-8-6-7-11(17)13(12)18)14-10(2)20-15(21-14)16(3,4)5/h6-9,19H,1-5H3. The number of thiazole rings is 1. The third-order valence-corrected chi connectivity index (χ3v) is 5.25. The average Bonchev–Trinajstić information content (AvgIpc) is 2.77. The summed E-state index contributed by atoms with van der Waals surface area (Å²) < 4.78 is 14.0. The first kappa shape index (κ1) is 16.2. The largest absolute Gasteiger partial charge is 0.375 e. The topological polar surface area (TPSA) is 24.9 Å². The van der Waals surface area contributed by atoms with Crippen molar-refractivity contribution in [1.82, 2.24) is 4.98 Å². The number of rotatable bonds is 3. The van der Waals surface area contributed by atoms with Gasteiger partial charge in [0.05, 0.1) is 27.5 Å². The van der Waals surface area contributed by atoms with Gasteiger partial charge in [-0.05, 0) is 26.0 Å². The molecule has 1 unspecified atom stereocenters. The van der Waals surface area contributed by atoms with Gasteiger partial charge in [0.25, 0.3) is 0 Å². The highest BCUT2D eigenvalue weighted by Crippen LogP contribution is 2.34. The molecule has 0 aliphatic rings. The molecule has 21 heavy (non-hydrogen) atoms. The molecular formula is C16H20ClFN2S. The van der Waals surface area contributed by atoms with Gasteiger partial charge in [0.15, 0.2) is 5.82 Å². The quantitative estimate of drug-likeness (QED) is 0.780. The van der Waals surface area contributed by atoms with Gasteiger partial charge in [0.2, 0.25) is 0 Å². The van der Waals surface area contributed by atoms with Crippen molar-refractivity contribution in [2.45, 2.75) is 46.1 Å². The molecule has 1 N–H and O–H groups in total. The second-order valence-electron chi connectivity index (χ2n) is 6.19. The van der Waals surface area contributed by atoms with Crippen LogP contribution in [-0.2, 0) is 5.41 Å². The van der Waals surface area contributed by atoms with E-state index in [9.17, 15) is 4.39 Å². The van der Waals surface area contributed by atoms with E-state index in [0.717, 1.165) is 15.6 Å². The van der Waals surface area contributed by atoms with E-state index in [1.165, 1.54) is 0 Å². The smallest absolute Gasteiger partial charge is 0.164 e. The average molecular weight is 327 g/mol. The van der Waals surface area contributed by atoms with Gasteiger partial charge in [0.1, 0.15) is 0 Å². The van der Waals surface area contributed by atoms with Gasteiger partial charge in [0, 0.05) is 10.3 Å². The Balaban J connectivity index is 2.27. The van der Waals surface area contributed by atoms with Gasteiger partial charge >= 0.3 is 0 Å². The summed E-state index contributed by atoms with van der Waals surface area (Å²) in [5.41, 5.74) is 1.43. The minimum Gasteiger partial charge on any atom is -0.375 e. The van der Waals surface area contributed by atoms with Crippen LogP contribution < -0.4 is 5.32 Å². The fourth-order valence-corrected chi connectivity index (χ4v) is 3.35. The molecule has 0 saturated heterocycles. The van der Waals surface area contributed by atoms with Crippen LogP contribution in [0.2, 0.25) is 5.02 Å². The van der Waals surface area contributed by atoms with Crippen LogP contribution in [0.25, 0.3) is 0 Å². The van der Waals surface area contributed by atoms with E-state index in [1.807, 2.05) is 13.8 Å². The van der Waals surface area contributed by atoms with Crippen molar-refractivity contribution < 1.29 is 4.39 Å². The Kier molecular flexibility index (Phi) is 4.59. The molecule has 0 amide bonds. The SMILES string of the molecule is Cc1nc(C(C)(C)C)sc1C(C)Nc1cccc(Cl)c1F. The number of nitrogens with one attached hydrogen (secondary N) is 1. The van der Waals surface area contributed by atoms with Crippen LogP contribution in [0.15, 0.2) is 18.2 Å². The van der Waals surface area contributed by atoms with Crippen molar-refractivity contribution in [3.05, 3.63) is 44.6 Å². The predicted octanol–water partition coefficient (Wildman–Crippen LogP) is 5.71. The number of nitrogens with zero attached hydrogens (tertiary/aromatic N) is 1.